The molecule has 23 heavy (non-hydrogen) atoms. The van der Waals surface area contributed by atoms with E-state index in [1.807, 2.05) is 25.1 Å². The van der Waals surface area contributed by atoms with Crippen LogP contribution in [0.5, 0.6) is 0 Å². The summed E-state index contributed by atoms with van der Waals surface area (Å²) in [7, 11) is 0. The Kier molecular flexibility index (Phi) is 8.66. The third-order valence-corrected chi connectivity index (χ3v) is 3.90. The average Bonchev–Trinajstić information content (AvgIpc) is 2.58. The van der Waals surface area contributed by atoms with Gasteiger partial charge in [0.15, 0.2) is 0 Å². The molecule has 0 spiro atoms. The van der Waals surface area contributed by atoms with Gasteiger partial charge in [-0.25, -0.2) is 0 Å². The number of piperidine rings is 1. The number of carbonyl (C=O) groups is 2. The number of carbonyl (C=O) groups excluding carboxylic acids is 2. The van der Waals surface area contributed by atoms with Crippen LogP contribution in [0.1, 0.15) is 42.1 Å². The Morgan fingerprint density at radius 3 is 2.65 bits per heavy atom. The smallest absolute Gasteiger partial charge is 0.251 e. The minimum atomic E-state index is -0.0617. The van der Waals surface area contributed by atoms with Crippen molar-refractivity contribution in [2.75, 3.05) is 19.6 Å². The summed E-state index contributed by atoms with van der Waals surface area (Å²) in [6.07, 6.45) is 2.70. The first-order chi connectivity index (χ1) is 10.7. The molecule has 1 aromatic rings. The van der Waals surface area contributed by atoms with E-state index >= 15 is 0 Å². The third-order valence-electron chi connectivity index (χ3n) is 3.90. The van der Waals surface area contributed by atoms with Crippen LogP contribution < -0.4 is 16.0 Å². The van der Waals surface area contributed by atoms with Crippen molar-refractivity contribution in [3.8, 4) is 0 Å². The Bertz CT molecular complexity index is 516. The van der Waals surface area contributed by atoms with E-state index < -0.39 is 0 Å². The lowest BCUT2D eigenvalue weighted by Crippen LogP contribution is -2.37. The molecular weight excluding hydrogens is 314 g/mol. The first kappa shape index (κ1) is 19.5. The predicted octanol–water partition coefficient (Wildman–Crippen LogP) is 1.86. The zero-order valence-electron chi connectivity index (χ0n) is 13.6. The molecule has 0 bridgehead atoms. The molecule has 1 aliphatic rings. The molecule has 0 atom stereocenters. The first-order valence-corrected chi connectivity index (χ1v) is 8.06. The zero-order chi connectivity index (χ0) is 15.8. The molecule has 2 amide bonds. The van der Waals surface area contributed by atoms with Crippen molar-refractivity contribution in [1.82, 2.24) is 16.0 Å². The van der Waals surface area contributed by atoms with Gasteiger partial charge in [0.1, 0.15) is 0 Å². The molecule has 2 rings (SSSR count). The molecule has 0 aromatic heterocycles. The van der Waals surface area contributed by atoms with Crippen LogP contribution >= 0.6 is 12.4 Å². The van der Waals surface area contributed by atoms with E-state index in [0.29, 0.717) is 18.7 Å². The van der Waals surface area contributed by atoms with Crippen LogP contribution in [0.4, 0.5) is 0 Å². The van der Waals surface area contributed by atoms with Gasteiger partial charge in [-0.15, -0.1) is 12.4 Å². The molecule has 5 nitrogen and oxygen atoms in total. The van der Waals surface area contributed by atoms with Gasteiger partial charge in [-0.05, 0) is 50.0 Å². The minimum absolute atomic E-state index is 0. The molecule has 1 heterocycles. The van der Waals surface area contributed by atoms with Crippen LogP contribution in [0.3, 0.4) is 0 Å². The molecule has 1 aromatic carbocycles. The fourth-order valence-corrected chi connectivity index (χ4v) is 2.58. The monoisotopic (exact) mass is 339 g/mol. The number of benzene rings is 1. The number of hydrogen-bond donors (Lipinski definition) is 3. The van der Waals surface area contributed by atoms with Gasteiger partial charge in [-0.1, -0.05) is 19.1 Å². The summed E-state index contributed by atoms with van der Waals surface area (Å²) < 4.78 is 0. The predicted molar refractivity (Wildman–Crippen MR) is 93.8 cm³/mol. The van der Waals surface area contributed by atoms with Crippen LogP contribution in [-0.4, -0.2) is 31.4 Å². The number of amides is 2. The fourth-order valence-electron chi connectivity index (χ4n) is 2.58. The van der Waals surface area contributed by atoms with Gasteiger partial charge in [0.05, 0.1) is 0 Å². The second kappa shape index (κ2) is 10.2. The second-order valence-corrected chi connectivity index (χ2v) is 5.70. The quantitative estimate of drug-likeness (QED) is 0.741. The maximum atomic E-state index is 12.1. The van der Waals surface area contributed by atoms with Gasteiger partial charge in [-0.2, -0.15) is 0 Å². The van der Waals surface area contributed by atoms with Crippen molar-refractivity contribution >= 4 is 24.2 Å². The van der Waals surface area contributed by atoms with E-state index in [2.05, 4.69) is 16.0 Å². The van der Waals surface area contributed by atoms with E-state index in [1.54, 1.807) is 6.07 Å². The fraction of sp³-hybridized carbons (Fsp3) is 0.529. The maximum absolute atomic E-state index is 12.1. The van der Waals surface area contributed by atoms with Crippen LogP contribution in [0.2, 0.25) is 0 Å². The summed E-state index contributed by atoms with van der Waals surface area (Å²) in [5, 5.41) is 9.09. The molecule has 1 saturated heterocycles. The Labute approximate surface area is 144 Å². The van der Waals surface area contributed by atoms with Gasteiger partial charge in [-0.3, -0.25) is 9.59 Å². The highest BCUT2D eigenvalue weighted by Crippen LogP contribution is 2.12. The highest BCUT2D eigenvalue weighted by Gasteiger charge is 2.20. The summed E-state index contributed by atoms with van der Waals surface area (Å²) in [6.45, 7) is 4.98. The van der Waals surface area contributed by atoms with Crippen molar-refractivity contribution in [3.05, 3.63) is 35.4 Å². The third kappa shape index (κ3) is 6.20. The molecule has 1 fully saturated rings. The maximum Gasteiger partial charge on any atom is 0.251 e. The van der Waals surface area contributed by atoms with Crippen molar-refractivity contribution < 1.29 is 9.59 Å². The average molecular weight is 340 g/mol. The summed E-state index contributed by atoms with van der Waals surface area (Å²) in [5.74, 6) is 0.160. The Morgan fingerprint density at radius 2 is 1.96 bits per heavy atom. The van der Waals surface area contributed by atoms with E-state index in [0.717, 1.165) is 37.9 Å². The topological polar surface area (TPSA) is 70.2 Å². The molecular formula is C17H26ClN3O2. The lowest BCUT2D eigenvalue weighted by molar-refractivity contribution is -0.125. The number of hydrogen-bond acceptors (Lipinski definition) is 3. The molecule has 0 radical (unpaired) electrons. The lowest BCUT2D eigenvalue weighted by Gasteiger charge is -2.21. The Balaban J connectivity index is 0.00000264. The van der Waals surface area contributed by atoms with Crippen LogP contribution in [-0.2, 0) is 11.3 Å². The molecule has 128 valence electrons. The van der Waals surface area contributed by atoms with Gasteiger partial charge in [0.2, 0.25) is 5.91 Å². The van der Waals surface area contributed by atoms with E-state index in [1.165, 1.54) is 0 Å². The SMILES string of the molecule is CCCNC(=O)c1cccc(CNC(=O)C2CCNCC2)c1.Cl. The Hall–Kier alpha value is -1.59. The van der Waals surface area contributed by atoms with E-state index in [9.17, 15) is 9.59 Å². The summed E-state index contributed by atoms with van der Waals surface area (Å²) >= 11 is 0. The van der Waals surface area contributed by atoms with Crippen LogP contribution in [0, 0.1) is 5.92 Å². The first-order valence-electron chi connectivity index (χ1n) is 8.06. The van der Waals surface area contributed by atoms with E-state index in [-0.39, 0.29) is 30.1 Å². The zero-order valence-corrected chi connectivity index (χ0v) is 14.4. The van der Waals surface area contributed by atoms with Crippen molar-refractivity contribution in [1.29, 1.82) is 0 Å². The highest BCUT2D eigenvalue weighted by molar-refractivity contribution is 5.94. The second-order valence-electron chi connectivity index (χ2n) is 5.70. The van der Waals surface area contributed by atoms with Gasteiger partial charge >= 0.3 is 0 Å². The number of halogens is 1. The van der Waals surface area contributed by atoms with Crippen LogP contribution in [0.25, 0.3) is 0 Å². The van der Waals surface area contributed by atoms with Crippen molar-refractivity contribution in [2.24, 2.45) is 5.92 Å². The van der Waals surface area contributed by atoms with Gasteiger partial charge in [0, 0.05) is 24.6 Å². The van der Waals surface area contributed by atoms with Crippen LogP contribution in [0.15, 0.2) is 24.3 Å². The molecule has 3 N–H and O–H groups in total. The normalized spacial score (nSPS) is 14.7. The number of nitrogens with one attached hydrogen (secondary N) is 3. The lowest BCUT2D eigenvalue weighted by atomic mass is 9.97. The summed E-state index contributed by atoms with van der Waals surface area (Å²) in [5.41, 5.74) is 1.59. The molecule has 1 aliphatic heterocycles. The summed E-state index contributed by atoms with van der Waals surface area (Å²) in [4.78, 5) is 24.0. The van der Waals surface area contributed by atoms with Gasteiger partial charge < -0.3 is 16.0 Å². The van der Waals surface area contributed by atoms with Crippen molar-refractivity contribution in [3.63, 3.8) is 0 Å². The molecule has 6 heteroatoms. The largest absolute Gasteiger partial charge is 0.352 e. The highest BCUT2D eigenvalue weighted by atomic mass is 35.5. The minimum Gasteiger partial charge on any atom is -0.352 e. The Morgan fingerprint density at radius 1 is 1.22 bits per heavy atom. The molecule has 0 unspecified atom stereocenters. The van der Waals surface area contributed by atoms with Gasteiger partial charge in [0.25, 0.3) is 5.91 Å². The molecule has 0 aliphatic carbocycles. The standard InChI is InChI=1S/C17H25N3O2.ClH/c1-2-8-19-17(22)15-5-3-4-13(11-15)12-20-16(21)14-6-9-18-10-7-14;/h3-5,11,14,18H,2,6-10,12H2,1H3,(H,19,22)(H,20,21);1H. The number of rotatable bonds is 6. The van der Waals surface area contributed by atoms with Crippen molar-refractivity contribution in [2.45, 2.75) is 32.7 Å². The van der Waals surface area contributed by atoms with E-state index in [4.69, 9.17) is 0 Å². The molecule has 0 saturated carbocycles. The summed E-state index contributed by atoms with van der Waals surface area (Å²) in [6, 6.07) is 7.42.